The summed E-state index contributed by atoms with van der Waals surface area (Å²) in [6.45, 7) is 4.64. The highest BCUT2D eigenvalue weighted by atomic mass is 35.5. The second-order valence-corrected chi connectivity index (χ2v) is 8.57. The Hall–Kier alpha value is -2.27. The van der Waals surface area contributed by atoms with Gasteiger partial charge in [-0.2, -0.15) is 0 Å². The molecule has 4 nitrogen and oxygen atoms in total. The molecule has 2 aromatic carbocycles. The first-order valence-corrected chi connectivity index (χ1v) is 10.3. The average Bonchev–Trinajstić information content (AvgIpc) is 2.97. The zero-order valence-corrected chi connectivity index (χ0v) is 18.1. The first-order chi connectivity index (χ1) is 13.8. The van der Waals surface area contributed by atoms with Gasteiger partial charge in [0.05, 0.1) is 0 Å². The van der Waals surface area contributed by atoms with Crippen molar-refractivity contribution in [2.45, 2.75) is 27.8 Å². The van der Waals surface area contributed by atoms with E-state index < -0.39 is 0 Å². The largest absolute Gasteiger partial charge is 0.350 e. The minimum Gasteiger partial charge on any atom is -0.250 e. The lowest BCUT2D eigenvalue weighted by molar-refractivity contribution is 0.471. The molecule has 4 rings (SSSR count). The molecule has 2 heterocycles. The third kappa shape index (κ3) is 4.13. The molecule has 0 amide bonds. The fraction of sp³-hybridized carbons (Fsp3) is 0.217. The molecular weight excluding hydrogens is 441 g/mol. The number of pyridine rings is 1. The van der Waals surface area contributed by atoms with Crippen molar-refractivity contribution in [2.75, 3.05) is 0 Å². The van der Waals surface area contributed by atoms with Gasteiger partial charge >= 0.3 is 5.69 Å². The van der Waals surface area contributed by atoms with Gasteiger partial charge in [0.1, 0.15) is 0 Å². The van der Waals surface area contributed by atoms with Crippen LogP contribution in [0.3, 0.4) is 0 Å². The molecule has 2 aromatic heterocycles. The summed E-state index contributed by atoms with van der Waals surface area (Å²) in [5, 5.41) is 6.37. The molecule has 4 aromatic rings. The molecule has 0 radical (unpaired) electrons. The van der Waals surface area contributed by atoms with Crippen molar-refractivity contribution in [3.05, 3.63) is 80.3 Å². The van der Waals surface area contributed by atoms with Crippen molar-refractivity contribution in [1.29, 1.82) is 0 Å². The maximum absolute atomic E-state index is 12.9. The third-order valence-electron chi connectivity index (χ3n) is 4.65. The van der Waals surface area contributed by atoms with Crippen LogP contribution in [0.2, 0.25) is 15.1 Å². The van der Waals surface area contributed by atoms with Crippen molar-refractivity contribution >= 4 is 40.4 Å². The number of hydrogen-bond acceptors (Lipinski definition) is 2. The fourth-order valence-corrected chi connectivity index (χ4v) is 4.01. The molecule has 156 valence electrons. The minimum atomic E-state index is -0.169. The summed E-state index contributed by atoms with van der Waals surface area (Å²) in [6, 6.07) is 14.7. The molecule has 30 heavy (non-hydrogen) atoms. The molecule has 0 N–H and O–H groups in total. The van der Waals surface area contributed by atoms with E-state index in [4.69, 9.17) is 34.8 Å². The molecule has 0 unspecified atom stereocenters. The smallest absolute Gasteiger partial charge is 0.250 e. The Morgan fingerprint density at radius 2 is 1.60 bits per heavy atom. The van der Waals surface area contributed by atoms with Gasteiger partial charge < -0.3 is 0 Å². The van der Waals surface area contributed by atoms with Gasteiger partial charge in [0.15, 0.2) is 5.65 Å². The molecule has 0 saturated carbocycles. The zero-order chi connectivity index (χ0) is 20.7. The maximum Gasteiger partial charge on any atom is 0.350 e. The molecule has 0 fully saturated rings. The Morgan fingerprint density at radius 3 is 2.23 bits per heavy atom. The molecule has 7 heteroatoms. The highest BCUT2D eigenvalue weighted by Gasteiger charge is 2.19. The molecule has 0 saturated heterocycles. The Labute approximate surface area is 190 Å². The topological polar surface area (TPSA) is 39.3 Å². The summed E-state index contributed by atoms with van der Waals surface area (Å²) in [5.41, 5.74) is 3.78. The summed E-state index contributed by atoms with van der Waals surface area (Å²) in [6.07, 6.45) is 1.74. The summed E-state index contributed by atoms with van der Waals surface area (Å²) in [4.78, 5) is 12.9. The van der Waals surface area contributed by atoms with E-state index in [1.807, 2.05) is 36.4 Å². The van der Waals surface area contributed by atoms with Crippen LogP contribution in [0.5, 0.6) is 0 Å². The lowest BCUT2D eigenvalue weighted by atomic mass is 9.96. The average molecular weight is 463 g/mol. The Bertz CT molecular complexity index is 1260. The van der Waals surface area contributed by atoms with Gasteiger partial charge in [-0.15, -0.1) is 5.10 Å². The van der Waals surface area contributed by atoms with Gasteiger partial charge in [0, 0.05) is 38.9 Å². The molecule has 0 aliphatic carbocycles. The van der Waals surface area contributed by atoms with E-state index >= 15 is 0 Å². The molecular formula is C23H22Cl3N3O. The Kier molecular flexibility index (Phi) is 6.61. The van der Waals surface area contributed by atoms with Gasteiger partial charge in [0.25, 0.3) is 0 Å². The number of fused-ring (bicyclic) bond motifs is 1. The summed E-state index contributed by atoms with van der Waals surface area (Å²) in [5.74, 6) is 0.293. The second kappa shape index (κ2) is 8.84. The predicted octanol–water partition coefficient (Wildman–Crippen LogP) is 7.08. The fourth-order valence-electron chi connectivity index (χ4n) is 3.38. The highest BCUT2D eigenvalue weighted by molar-refractivity contribution is 6.36. The molecule has 0 spiro atoms. The van der Waals surface area contributed by atoms with Crippen LogP contribution in [0.1, 0.15) is 21.3 Å². The third-order valence-corrected chi connectivity index (χ3v) is 5.45. The van der Waals surface area contributed by atoms with Crippen LogP contribution in [0, 0.1) is 5.92 Å². The van der Waals surface area contributed by atoms with Crippen molar-refractivity contribution in [2.24, 2.45) is 5.92 Å². The number of nitrogens with zero attached hydrogens (tertiary/aromatic N) is 3. The zero-order valence-electron chi connectivity index (χ0n) is 15.9. The molecule has 0 aliphatic heterocycles. The highest BCUT2D eigenvalue weighted by Crippen LogP contribution is 2.39. The number of hydrogen-bond donors (Lipinski definition) is 0. The van der Waals surface area contributed by atoms with Crippen LogP contribution in [0.25, 0.3) is 27.9 Å². The molecule has 0 atom stereocenters. The lowest BCUT2D eigenvalue weighted by Gasteiger charge is -2.13. The number of halogens is 3. The Morgan fingerprint density at radius 1 is 0.933 bits per heavy atom. The standard InChI is InChI=1S/C22H18Cl3N3O.CH4/c1-13(2)12-28-22(29)27-10-9-18(17-8-7-16(24)11-19(17)25)20(21(27)26-28)14-3-5-15(23)6-4-14;/h3-11,13H,12H2,1-2H3;1H4. The van der Waals surface area contributed by atoms with Gasteiger partial charge in [-0.3, -0.25) is 0 Å². The van der Waals surface area contributed by atoms with Crippen molar-refractivity contribution in [3.63, 3.8) is 0 Å². The first-order valence-electron chi connectivity index (χ1n) is 9.18. The lowest BCUT2D eigenvalue weighted by Crippen LogP contribution is -2.23. The summed E-state index contributed by atoms with van der Waals surface area (Å²) >= 11 is 18.7. The summed E-state index contributed by atoms with van der Waals surface area (Å²) in [7, 11) is 0. The van der Waals surface area contributed by atoms with Crippen molar-refractivity contribution in [3.8, 4) is 22.3 Å². The van der Waals surface area contributed by atoms with E-state index in [1.54, 1.807) is 22.7 Å². The van der Waals surface area contributed by atoms with Crippen LogP contribution in [0.15, 0.2) is 59.5 Å². The number of rotatable bonds is 4. The second-order valence-electron chi connectivity index (χ2n) is 7.29. The van der Waals surface area contributed by atoms with Crippen molar-refractivity contribution < 1.29 is 0 Å². The number of benzene rings is 2. The van der Waals surface area contributed by atoms with E-state index in [2.05, 4.69) is 18.9 Å². The van der Waals surface area contributed by atoms with E-state index in [-0.39, 0.29) is 13.1 Å². The van der Waals surface area contributed by atoms with Crippen molar-refractivity contribution in [1.82, 2.24) is 14.2 Å². The summed E-state index contributed by atoms with van der Waals surface area (Å²) < 4.78 is 3.08. The van der Waals surface area contributed by atoms with Gasteiger partial charge in [0.2, 0.25) is 0 Å². The SMILES string of the molecule is C.CC(C)Cn1nc2c(-c3ccc(Cl)cc3)c(-c3ccc(Cl)cc3Cl)ccn2c1=O. The Balaban J connectivity index is 0.00000256. The van der Waals surface area contributed by atoms with Gasteiger partial charge in [-0.1, -0.05) is 74.3 Å². The monoisotopic (exact) mass is 461 g/mol. The predicted molar refractivity (Wildman–Crippen MR) is 127 cm³/mol. The van der Waals surface area contributed by atoms with E-state index in [0.29, 0.717) is 33.2 Å². The molecule has 0 bridgehead atoms. The minimum absolute atomic E-state index is 0. The van der Waals surface area contributed by atoms with Crippen LogP contribution in [-0.4, -0.2) is 14.2 Å². The quantitative estimate of drug-likeness (QED) is 0.325. The van der Waals surface area contributed by atoms with Gasteiger partial charge in [-0.25, -0.2) is 13.9 Å². The van der Waals surface area contributed by atoms with Crippen LogP contribution < -0.4 is 5.69 Å². The van der Waals surface area contributed by atoms with Crippen LogP contribution in [-0.2, 0) is 6.54 Å². The normalized spacial score (nSPS) is 11.1. The van der Waals surface area contributed by atoms with E-state index in [9.17, 15) is 4.79 Å². The van der Waals surface area contributed by atoms with E-state index in [0.717, 1.165) is 22.3 Å². The first kappa shape index (κ1) is 22.4. The van der Waals surface area contributed by atoms with Gasteiger partial charge in [-0.05, 0) is 47.4 Å². The molecule has 0 aliphatic rings. The number of aromatic nitrogens is 3. The van der Waals surface area contributed by atoms with Crippen LogP contribution >= 0.6 is 34.8 Å². The van der Waals surface area contributed by atoms with Crippen LogP contribution in [0.4, 0.5) is 0 Å². The maximum atomic E-state index is 12.9. The van der Waals surface area contributed by atoms with E-state index in [1.165, 1.54) is 4.68 Å².